The predicted molar refractivity (Wildman–Crippen MR) is 62.4 cm³/mol. The van der Waals surface area contributed by atoms with Crippen molar-refractivity contribution in [3.05, 3.63) is 35.7 Å². The Morgan fingerprint density at radius 1 is 1.53 bits per heavy atom. The van der Waals surface area contributed by atoms with Gasteiger partial charge in [-0.05, 0) is 25.0 Å². The van der Waals surface area contributed by atoms with Crippen molar-refractivity contribution >= 4 is 11.6 Å². The van der Waals surface area contributed by atoms with Crippen LogP contribution in [0.5, 0.6) is 5.75 Å². The molecule has 1 atom stereocenters. The summed E-state index contributed by atoms with van der Waals surface area (Å²) in [4.78, 5) is 0. The molecule has 1 aromatic carbocycles. The van der Waals surface area contributed by atoms with Crippen LogP contribution in [-0.4, -0.2) is 18.3 Å². The largest absolute Gasteiger partial charge is 0.492 e. The molecule has 0 aromatic heterocycles. The predicted octanol–water partition coefficient (Wildman–Crippen LogP) is 3.04. The van der Waals surface area contributed by atoms with Gasteiger partial charge in [-0.2, -0.15) is 0 Å². The number of ether oxygens (including phenoxy) is 1. The monoisotopic (exact) mass is 227 g/mol. The molecule has 1 radical (unpaired) electrons. The summed E-state index contributed by atoms with van der Waals surface area (Å²) in [6, 6.07) is 5.54. The van der Waals surface area contributed by atoms with E-state index in [9.17, 15) is 0 Å². The lowest BCUT2D eigenvalue weighted by Crippen LogP contribution is -2.02. The highest BCUT2D eigenvalue weighted by atomic mass is 35.5. The first-order chi connectivity index (χ1) is 7.20. The van der Waals surface area contributed by atoms with Gasteiger partial charge in [-0.3, -0.25) is 0 Å². The topological polar surface area (TPSA) is 29.5 Å². The molecular weight excluding hydrogens is 212 g/mol. The van der Waals surface area contributed by atoms with Crippen molar-refractivity contribution < 1.29 is 9.84 Å². The summed E-state index contributed by atoms with van der Waals surface area (Å²) in [7, 11) is 0. The third-order valence-electron chi connectivity index (χ3n) is 2.12. The SMILES string of the molecule is [CH2]C(CO)c1cccc(OCCC)c1Cl. The first-order valence-electron chi connectivity index (χ1n) is 5.05. The Labute approximate surface area is 95.8 Å². The first kappa shape index (κ1) is 12.3. The fourth-order valence-electron chi connectivity index (χ4n) is 1.26. The highest BCUT2D eigenvalue weighted by Gasteiger charge is 2.12. The standard InChI is InChI=1S/C12H16ClO2/c1-3-7-15-11-6-4-5-10(12(11)13)9(2)8-14/h4-6,9,14H,2-3,7-8H2,1H3. The minimum atomic E-state index is -0.206. The Kier molecular flexibility index (Phi) is 4.92. The van der Waals surface area contributed by atoms with Crippen LogP contribution in [0.25, 0.3) is 0 Å². The van der Waals surface area contributed by atoms with E-state index in [0.717, 1.165) is 12.0 Å². The average Bonchev–Trinajstić information content (AvgIpc) is 2.27. The van der Waals surface area contributed by atoms with E-state index in [1.165, 1.54) is 0 Å². The van der Waals surface area contributed by atoms with Gasteiger partial charge in [-0.1, -0.05) is 30.7 Å². The highest BCUT2D eigenvalue weighted by Crippen LogP contribution is 2.32. The van der Waals surface area contributed by atoms with Gasteiger partial charge in [-0.25, -0.2) is 0 Å². The van der Waals surface area contributed by atoms with Gasteiger partial charge in [0.25, 0.3) is 0 Å². The maximum Gasteiger partial charge on any atom is 0.138 e. The van der Waals surface area contributed by atoms with Crippen molar-refractivity contribution in [2.45, 2.75) is 19.3 Å². The Balaban J connectivity index is 2.90. The molecule has 0 aliphatic carbocycles. The number of aliphatic hydroxyl groups excluding tert-OH is 1. The third kappa shape index (κ3) is 3.11. The van der Waals surface area contributed by atoms with Gasteiger partial charge >= 0.3 is 0 Å². The summed E-state index contributed by atoms with van der Waals surface area (Å²) in [6.45, 7) is 6.48. The second-order valence-corrected chi connectivity index (χ2v) is 3.77. The molecule has 1 rings (SSSR count). The highest BCUT2D eigenvalue weighted by molar-refractivity contribution is 6.32. The number of hydrogen-bond acceptors (Lipinski definition) is 2. The van der Waals surface area contributed by atoms with E-state index in [4.69, 9.17) is 21.4 Å². The van der Waals surface area contributed by atoms with Gasteiger partial charge in [-0.15, -0.1) is 0 Å². The zero-order chi connectivity index (χ0) is 11.3. The van der Waals surface area contributed by atoms with Crippen LogP contribution in [0.4, 0.5) is 0 Å². The molecule has 0 saturated heterocycles. The van der Waals surface area contributed by atoms with Crippen molar-refractivity contribution in [1.82, 2.24) is 0 Å². The third-order valence-corrected chi connectivity index (χ3v) is 2.52. The number of aliphatic hydroxyl groups is 1. The van der Waals surface area contributed by atoms with E-state index in [0.29, 0.717) is 17.4 Å². The second kappa shape index (κ2) is 5.99. The Hall–Kier alpha value is -0.730. The van der Waals surface area contributed by atoms with Gasteiger partial charge in [0, 0.05) is 12.5 Å². The molecule has 0 heterocycles. The second-order valence-electron chi connectivity index (χ2n) is 3.39. The molecule has 0 amide bonds. The number of hydrogen-bond donors (Lipinski definition) is 1. The van der Waals surface area contributed by atoms with Crippen LogP contribution in [-0.2, 0) is 0 Å². The van der Waals surface area contributed by atoms with Gasteiger partial charge in [0.15, 0.2) is 0 Å². The molecule has 1 N–H and O–H groups in total. The fourth-order valence-corrected chi connectivity index (χ4v) is 1.60. The lowest BCUT2D eigenvalue weighted by Gasteiger charge is -2.14. The quantitative estimate of drug-likeness (QED) is 0.838. The molecular formula is C12H16ClO2. The van der Waals surface area contributed by atoms with Crippen molar-refractivity contribution in [3.63, 3.8) is 0 Å². The Morgan fingerprint density at radius 3 is 2.87 bits per heavy atom. The molecule has 0 aliphatic heterocycles. The van der Waals surface area contributed by atoms with Gasteiger partial charge in [0.05, 0.1) is 11.6 Å². The molecule has 1 aromatic rings. The van der Waals surface area contributed by atoms with E-state index >= 15 is 0 Å². The molecule has 83 valence electrons. The van der Waals surface area contributed by atoms with Crippen LogP contribution in [0.2, 0.25) is 5.02 Å². The van der Waals surface area contributed by atoms with Crippen molar-refractivity contribution in [3.8, 4) is 5.75 Å². The van der Waals surface area contributed by atoms with E-state index < -0.39 is 0 Å². The molecule has 0 fully saturated rings. The lowest BCUT2D eigenvalue weighted by atomic mass is 10.0. The number of halogens is 1. The van der Waals surface area contributed by atoms with Crippen LogP contribution in [0.15, 0.2) is 18.2 Å². The lowest BCUT2D eigenvalue weighted by molar-refractivity contribution is 0.281. The average molecular weight is 228 g/mol. The smallest absolute Gasteiger partial charge is 0.138 e. The zero-order valence-corrected chi connectivity index (χ0v) is 9.63. The maximum absolute atomic E-state index is 9.02. The van der Waals surface area contributed by atoms with Crippen molar-refractivity contribution in [1.29, 1.82) is 0 Å². The van der Waals surface area contributed by atoms with E-state index in [1.807, 2.05) is 25.1 Å². The zero-order valence-electron chi connectivity index (χ0n) is 8.87. The summed E-state index contributed by atoms with van der Waals surface area (Å²) in [5.74, 6) is 0.459. The van der Waals surface area contributed by atoms with Crippen LogP contribution >= 0.6 is 11.6 Å². The van der Waals surface area contributed by atoms with Gasteiger partial charge in [0.2, 0.25) is 0 Å². The van der Waals surface area contributed by atoms with Crippen LogP contribution in [0, 0.1) is 6.92 Å². The van der Waals surface area contributed by atoms with Crippen molar-refractivity contribution in [2.75, 3.05) is 13.2 Å². The molecule has 15 heavy (non-hydrogen) atoms. The van der Waals surface area contributed by atoms with Gasteiger partial charge < -0.3 is 9.84 Å². The Bertz CT molecular complexity index is 312. The molecule has 2 nitrogen and oxygen atoms in total. The summed E-state index contributed by atoms with van der Waals surface area (Å²) in [6.07, 6.45) is 0.939. The van der Waals surface area contributed by atoms with E-state index in [2.05, 4.69) is 6.92 Å². The molecule has 0 bridgehead atoms. The summed E-state index contributed by atoms with van der Waals surface area (Å²) in [5.41, 5.74) is 0.827. The van der Waals surface area contributed by atoms with E-state index in [1.54, 1.807) is 0 Å². The molecule has 0 aliphatic rings. The van der Waals surface area contributed by atoms with Crippen LogP contribution in [0.3, 0.4) is 0 Å². The number of rotatable bonds is 5. The molecule has 0 saturated carbocycles. The minimum Gasteiger partial charge on any atom is -0.492 e. The van der Waals surface area contributed by atoms with Crippen molar-refractivity contribution in [2.24, 2.45) is 0 Å². The van der Waals surface area contributed by atoms with Crippen LogP contribution < -0.4 is 4.74 Å². The Morgan fingerprint density at radius 2 is 2.27 bits per heavy atom. The maximum atomic E-state index is 9.02. The molecule has 1 unspecified atom stereocenters. The van der Waals surface area contributed by atoms with Crippen LogP contribution in [0.1, 0.15) is 24.8 Å². The normalized spacial score (nSPS) is 12.5. The summed E-state index contributed by atoms with van der Waals surface area (Å²) >= 11 is 6.14. The summed E-state index contributed by atoms with van der Waals surface area (Å²) in [5, 5.41) is 9.57. The first-order valence-corrected chi connectivity index (χ1v) is 5.43. The molecule has 3 heteroatoms. The minimum absolute atomic E-state index is 0.0169. The number of benzene rings is 1. The summed E-state index contributed by atoms with van der Waals surface area (Å²) < 4.78 is 5.48. The van der Waals surface area contributed by atoms with Gasteiger partial charge in [0.1, 0.15) is 5.75 Å². The molecule has 0 spiro atoms. The fraction of sp³-hybridized carbons (Fsp3) is 0.417. The van der Waals surface area contributed by atoms with E-state index in [-0.39, 0.29) is 12.5 Å².